The number of carbonyl (C=O) groups is 1. The van der Waals surface area contributed by atoms with Gasteiger partial charge in [0.25, 0.3) is 0 Å². The minimum atomic E-state index is -4.31. The molecule has 0 spiro atoms. The number of rotatable bonds is 29. The van der Waals surface area contributed by atoms with Gasteiger partial charge in [-0.1, -0.05) is 107 Å². The quantitative estimate of drug-likeness (QED) is 0.0329. The van der Waals surface area contributed by atoms with Crippen molar-refractivity contribution in [3.63, 3.8) is 0 Å². The number of hydrogen-bond donors (Lipinski definition) is 3. The minimum Gasteiger partial charge on any atom is -0.387 e. The highest BCUT2D eigenvalue weighted by atomic mass is 31.2. The molecule has 0 aromatic rings. The van der Waals surface area contributed by atoms with Gasteiger partial charge >= 0.3 is 7.82 Å². The van der Waals surface area contributed by atoms with E-state index in [4.69, 9.17) is 9.05 Å². The van der Waals surface area contributed by atoms with Crippen molar-refractivity contribution in [3.05, 3.63) is 48.6 Å². The zero-order valence-electron chi connectivity index (χ0n) is 28.6. The number of aliphatic hydroxyl groups excluding tert-OH is 1. The minimum absolute atomic E-state index is 0.0547. The summed E-state index contributed by atoms with van der Waals surface area (Å²) in [5.41, 5.74) is 0. The zero-order valence-corrected chi connectivity index (χ0v) is 29.5. The lowest BCUT2D eigenvalue weighted by atomic mass is 10.1. The van der Waals surface area contributed by atoms with Crippen LogP contribution in [0, 0.1) is 0 Å². The number of amides is 1. The molecule has 3 atom stereocenters. The van der Waals surface area contributed by atoms with Gasteiger partial charge in [-0.3, -0.25) is 13.8 Å². The molecule has 3 unspecified atom stereocenters. The molecule has 0 fully saturated rings. The van der Waals surface area contributed by atoms with Crippen LogP contribution in [0.4, 0.5) is 0 Å². The molecule has 1 amide bonds. The smallest absolute Gasteiger partial charge is 0.387 e. The number of carbonyl (C=O) groups excluding carboxylic acids is 1. The molecule has 0 aliphatic heterocycles. The molecule has 0 saturated carbocycles. The number of unbranched alkanes of at least 4 members (excludes halogenated alkanes) is 10. The first-order valence-corrected chi connectivity index (χ1v) is 18.5. The van der Waals surface area contributed by atoms with E-state index < -0.39 is 20.0 Å². The fraction of sp³-hybridized carbons (Fsp3) is 0.743. The van der Waals surface area contributed by atoms with Crippen molar-refractivity contribution in [1.29, 1.82) is 0 Å². The fourth-order valence-electron chi connectivity index (χ4n) is 4.23. The maximum atomic E-state index is 12.6. The van der Waals surface area contributed by atoms with E-state index in [2.05, 4.69) is 48.7 Å². The molecule has 0 aliphatic carbocycles. The van der Waals surface area contributed by atoms with Crippen LogP contribution in [0.2, 0.25) is 0 Å². The SMILES string of the molecule is CCC/C=C/C(O)C(COP(=O)(O)OCC[N+](C)(C)C)NC(=O)CCCCCCCC/C=C\C/C=C\C/C=C\CCCCC. The number of nitrogens with one attached hydrogen (secondary N) is 1. The molecule has 0 aromatic carbocycles. The number of hydrogen-bond acceptors (Lipinski definition) is 5. The second-order valence-corrected chi connectivity index (χ2v) is 14.0. The van der Waals surface area contributed by atoms with Crippen molar-refractivity contribution in [2.24, 2.45) is 0 Å². The lowest BCUT2D eigenvalue weighted by Crippen LogP contribution is -2.45. The van der Waals surface area contributed by atoms with Crippen LogP contribution < -0.4 is 5.32 Å². The highest BCUT2D eigenvalue weighted by Crippen LogP contribution is 2.43. The summed E-state index contributed by atoms with van der Waals surface area (Å²) in [5, 5.41) is 13.4. The summed E-state index contributed by atoms with van der Waals surface area (Å²) in [6.45, 7) is 4.52. The maximum Gasteiger partial charge on any atom is 0.472 e. The number of phosphoric acid groups is 1. The molecule has 0 radical (unpaired) electrons. The lowest BCUT2D eigenvalue weighted by molar-refractivity contribution is -0.870. The number of likely N-dealkylation sites (N-methyl/N-ethyl adjacent to an activating group) is 1. The average Bonchev–Trinajstić information content (AvgIpc) is 2.95. The summed E-state index contributed by atoms with van der Waals surface area (Å²) in [4.78, 5) is 22.6. The van der Waals surface area contributed by atoms with E-state index in [0.29, 0.717) is 17.4 Å². The first-order chi connectivity index (χ1) is 21.0. The van der Waals surface area contributed by atoms with Crippen LogP contribution in [-0.2, 0) is 18.4 Å². The zero-order chi connectivity index (χ0) is 32.9. The van der Waals surface area contributed by atoms with Crippen molar-refractivity contribution in [2.75, 3.05) is 40.9 Å². The van der Waals surface area contributed by atoms with Crippen LogP contribution in [0.3, 0.4) is 0 Å². The van der Waals surface area contributed by atoms with E-state index >= 15 is 0 Å². The van der Waals surface area contributed by atoms with Crippen molar-refractivity contribution >= 4 is 13.7 Å². The van der Waals surface area contributed by atoms with Crippen LogP contribution >= 0.6 is 7.82 Å². The van der Waals surface area contributed by atoms with Gasteiger partial charge in [-0.25, -0.2) is 4.57 Å². The van der Waals surface area contributed by atoms with Gasteiger partial charge in [-0.15, -0.1) is 0 Å². The van der Waals surface area contributed by atoms with Crippen LogP contribution in [0.25, 0.3) is 0 Å². The fourth-order valence-corrected chi connectivity index (χ4v) is 4.96. The normalized spacial score (nSPS) is 15.5. The van der Waals surface area contributed by atoms with Gasteiger partial charge in [0.2, 0.25) is 5.91 Å². The number of aliphatic hydroxyl groups is 1. The summed E-state index contributed by atoms with van der Waals surface area (Å²) in [5.74, 6) is -0.206. The number of quaternary nitrogens is 1. The Bertz CT molecular complexity index is 866. The van der Waals surface area contributed by atoms with E-state index in [9.17, 15) is 19.4 Å². The first-order valence-electron chi connectivity index (χ1n) is 17.0. The van der Waals surface area contributed by atoms with Gasteiger partial charge < -0.3 is 19.8 Å². The van der Waals surface area contributed by atoms with Crippen molar-refractivity contribution in [3.8, 4) is 0 Å². The predicted octanol–water partition coefficient (Wildman–Crippen LogP) is 8.18. The Morgan fingerprint density at radius 3 is 1.93 bits per heavy atom. The van der Waals surface area contributed by atoms with E-state index in [0.717, 1.165) is 57.8 Å². The second kappa shape index (κ2) is 27.7. The molecular weight excluding hydrogens is 575 g/mol. The van der Waals surface area contributed by atoms with Crippen LogP contribution in [0.1, 0.15) is 117 Å². The standard InChI is InChI=1S/C35H65N2O6P/c1-6-8-10-11-12-13-14-15-16-17-18-19-20-21-22-23-24-25-27-29-35(39)36-33(34(38)28-26-9-7-2)32-43-44(40,41)42-31-30-37(3,4)5/h12-13,15-16,18-19,26,28,33-34,38H,6-11,14,17,20-25,27,29-32H2,1-5H3,(H-,36,39,40,41)/p+1/b13-12-,16-15-,19-18-,28-26+. The topological polar surface area (TPSA) is 105 Å². The van der Waals surface area contributed by atoms with Crippen LogP contribution in [0.15, 0.2) is 48.6 Å². The molecule has 44 heavy (non-hydrogen) atoms. The second-order valence-electron chi connectivity index (χ2n) is 12.5. The van der Waals surface area contributed by atoms with Crippen molar-refractivity contribution in [2.45, 2.75) is 129 Å². The summed E-state index contributed by atoms with van der Waals surface area (Å²) in [6, 6.07) is -0.848. The van der Waals surface area contributed by atoms with Gasteiger partial charge in [-0.2, -0.15) is 0 Å². The Hall–Kier alpha value is -1.54. The number of nitrogens with zero attached hydrogens (tertiary/aromatic N) is 1. The summed E-state index contributed by atoms with van der Waals surface area (Å²) < 4.78 is 23.1. The third kappa shape index (κ3) is 29.2. The summed E-state index contributed by atoms with van der Waals surface area (Å²) in [6.07, 6.45) is 32.5. The molecule has 0 aliphatic rings. The van der Waals surface area contributed by atoms with Crippen molar-refractivity contribution < 1.29 is 32.9 Å². The first kappa shape index (κ1) is 42.5. The molecule has 256 valence electrons. The van der Waals surface area contributed by atoms with Gasteiger partial charge in [0, 0.05) is 6.42 Å². The lowest BCUT2D eigenvalue weighted by Gasteiger charge is -2.25. The predicted molar refractivity (Wildman–Crippen MR) is 184 cm³/mol. The van der Waals surface area contributed by atoms with Crippen molar-refractivity contribution in [1.82, 2.24) is 5.32 Å². The van der Waals surface area contributed by atoms with Gasteiger partial charge in [0.1, 0.15) is 13.2 Å². The number of allylic oxidation sites excluding steroid dienone is 7. The summed E-state index contributed by atoms with van der Waals surface area (Å²) >= 11 is 0. The average molecular weight is 642 g/mol. The van der Waals surface area contributed by atoms with E-state index in [1.807, 2.05) is 34.1 Å². The third-order valence-corrected chi connectivity index (χ3v) is 8.01. The van der Waals surface area contributed by atoms with E-state index in [1.54, 1.807) is 6.08 Å². The van der Waals surface area contributed by atoms with Crippen LogP contribution in [0.5, 0.6) is 0 Å². The molecule has 0 rings (SSSR count). The summed E-state index contributed by atoms with van der Waals surface area (Å²) in [7, 11) is 1.54. The Morgan fingerprint density at radius 1 is 0.773 bits per heavy atom. The Kier molecular flexibility index (Phi) is 26.8. The Balaban J connectivity index is 4.21. The molecule has 8 nitrogen and oxygen atoms in total. The number of phosphoric ester groups is 1. The van der Waals surface area contributed by atoms with E-state index in [-0.39, 0.29) is 19.1 Å². The maximum absolute atomic E-state index is 12.6. The van der Waals surface area contributed by atoms with Gasteiger partial charge in [0.05, 0.1) is 39.9 Å². The van der Waals surface area contributed by atoms with Crippen LogP contribution in [-0.4, -0.2) is 73.4 Å². The molecule has 0 heterocycles. The molecule has 0 saturated heterocycles. The highest BCUT2D eigenvalue weighted by Gasteiger charge is 2.27. The molecular formula is C35H66N2O6P+. The van der Waals surface area contributed by atoms with E-state index in [1.165, 1.54) is 38.5 Å². The van der Waals surface area contributed by atoms with Gasteiger partial charge in [-0.05, 0) is 51.4 Å². The largest absolute Gasteiger partial charge is 0.472 e. The molecule has 0 aromatic heterocycles. The molecule has 0 bridgehead atoms. The molecule has 9 heteroatoms. The van der Waals surface area contributed by atoms with Gasteiger partial charge in [0.15, 0.2) is 0 Å². The highest BCUT2D eigenvalue weighted by molar-refractivity contribution is 7.47. The third-order valence-electron chi connectivity index (χ3n) is 7.02. The monoisotopic (exact) mass is 641 g/mol. The Morgan fingerprint density at radius 2 is 1.34 bits per heavy atom. The molecule has 3 N–H and O–H groups in total. The Labute approximate surface area is 269 Å².